The van der Waals surface area contributed by atoms with Crippen LogP contribution in [0.25, 0.3) is 0 Å². The molecule has 0 spiro atoms. The molecule has 14 heavy (non-hydrogen) atoms. The molecule has 0 atom stereocenters. The molecule has 1 aromatic carbocycles. The minimum Gasteiger partial charge on any atom is -0.454 e. The van der Waals surface area contributed by atoms with Gasteiger partial charge in [0.2, 0.25) is 6.79 Å². The summed E-state index contributed by atoms with van der Waals surface area (Å²) in [6.45, 7) is 0.0307. The Morgan fingerprint density at radius 2 is 1.86 bits per heavy atom. The third-order valence-corrected chi connectivity index (χ3v) is 2.51. The maximum atomic E-state index is 12.9. The first-order valence-corrected chi connectivity index (χ1v) is 4.82. The Morgan fingerprint density at radius 3 is 2.43 bits per heavy atom. The molecule has 0 aliphatic carbocycles. The fraction of sp³-hybridized carbons (Fsp3) is 0.250. The summed E-state index contributed by atoms with van der Waals surface area (Å²) in [4.78, 5) is -3.16. The monoisotopic (exact) mass is 284 g/mol. The van der Waals surface area contributed by atoms with Crippen LogP contribution in [-0.2, 0) is 4.83 Å². The van der Waals surface area contributed by atoms with Gasteiger partial charge in [-0.1, -0.05) is 11.6 Å². The van der Waals surface area contributed by atoms with Crippen molar-refractivity contribution in [2.24, 2.45) is 0 Å². The van der Waals surface area contributed by atoms with Crippen LogP contribution in [0.5, 0.6) is 11.5 Å². The molecule has 0 amide bonds. The van der Waals surface area contributed by atoms with E-state index in [-0.39, 0.29) is 23.1 Å². The van der Waals surface area contributed by atoms with E-state index in [9.17, 15) is 8.78 Å². The van der Waals surface area contributed by atoms with Gasteiger partial charge in [-0.3, -0.25) is 0 Å². The second-order valence-corrected chi connectivity index (χ2v) is 4.09. The molecule has 0 N–H and O–H groups in total. The first-order valence-electron chi connectivity index (χ1n) is 3.65. The minimum absolute atomic E-state index is 0.0307. The number of fused-ring (bicyclic) bond motifs is 1. The van der Waals surface area contributed by atoms with Crippen LogP contribution < -0.4 is 9.47 Å². The zero-order valence-corrected chi connectivity index (χ0v) is 9.03. The Labute approximate surface area is 91.9 Å². The van der Waals surface area contributed by atoms with Gasteiger partial charge >= 0.3 is 4.83 Å². The maximum absolute atomic E-state index is 12.9. The van der Waals surface area contributed by atoms with E-state index in [4.69, 9.17) is 21.1 Å². The fourth-order valence-corrected chi connectivity index (χ4v) is 1.85. The highest BCUT2D eigenvalue weighted by atomic mass is 79.9. The average Bonchev–Trinajstić information content (AvgIpc) is 2.47. The third-order valence-electron chi connectivity index (χ3n) is 1.77. The second-order valence-electron chi connectivity index (χ2n) is 2.68. The lowest BCUT2D eigenvalue weighted by Crippen LogP contribution is -2.03. The summed E-state index contributed by atoms with van der Waals surface area (Å²) in [5, 5.41) is -0.0591. The molecule has 1 aliphatic heterocycles. The molecule has 0 unspecified atom stereocenters. The highest BCUT2D eigenvalue weighted by molar-refractivity contribution is 9.09. The third kappa shape index (κ3) is 1.66. The van der Waals surface area contributed by atoms with E-state index in [1.807, 2.05) is 0 Å². The molecule has 76 valence electrons. The van der Waals surface area contributed by atoms with Crippen molar-refractivity contribution in [3.63, 3.8) is 0 Å². The topological polar surface area (TPSA) is 18.5 Å². The van der Waals surface area contributed by atoms with Crippen LogP contribution in [0.1, 0.15) is 5.56 Å². The SMILES string of the molecule is FC(F)(Br)c1cc2c(cc1Cl)OCO2. The lowest BCUT2D eigenvalue weighted by Gasteiger charge is -2.11. The highest BCUT2D eigenvalue weighted by Crippen LogP contribution is 2.45. The Balaban J connectivity index is 2.53. The van der Waals surface area contributed by atoms with Gasteiger partial charge in [-0.05, 0) is 22.0 Å². The Bertz CT molecular complexity index is 378. The number of hydrogen-bond acceptors (Lipinski definition) is 2. The largest absolute Gasteiger partial charge is 0.454 e. The second kappa shape index (κ2) is 3.24. The number of hydrogen-bond donors (Lipinski definition) is 0. The molecule has 0 fully saturated rings. The van der Waals surface area contributed by atoms with Gasteiger partial charge in [-0.15, -0.1) is 0 Å². The van der Waals surface area contributed by atoms with E-state index in [0.29, 0.717) is 5.75 Å². The summed E-state index contributed by atoms with van der Waals surface area (Å²) in [7, 11) is 0. The normalized spacial score (nSPS) is 14.6. The summed E-state index contributed by atoms with van der Waals surface area (Å²) in [6.07, 6.45) is 0. The molecule has 0 radical (unpaired) electrons. The molecule has 2 rings (SSSR count). The van der Waals surface area contributed by atoms with Gasteiger partial charge < -0.3 is 9.47 Å². The maximum Gasteiger partial charge on any atom is 0.328 e. The molecule has 6 heteroatoms. The number of rotatable bonds is 1. The standard InChI is InChI=1S/C8H4BrClF2O2/c9-8(11,12)4-1-6-7(2-5(4)10)14-3-13-6/h1-2H,3H2. The van der Waals surface area contributed by atoms with Crippen LogP contribution >= 0.6 is 27.5 Å². The summed E-state index contributed by atoms with van der Waals surface area (Å²) in [5.41, 5.74) is -0.330. The van der Waals surface area contributed by atoms with Gasteiger partial charge in [0.15, 0.2) is 11.5 Å². The molecule has 0 bridgehead atoms. The van der Waals surface area contributed by atoms with E-state index in [2.05, 4.69) is 15.9 Å². The summed E-state index contributed by atoms with van der Waals surface area (Å²) < 4.78 is 35.8. The Hall–Kier alpha value is -0.550. The van der Waals surface area contributed by atoms with Gasteiger partial charge in [-0.25, -0.2) is 0 Å². The average molecular weight is 285 g/mol. The molecule has 1 aromatic rings. The van der Waals surface area contributed by atoms with Gasteiger partial charge in [0, 0.05) is 6.07 Å². The smallest absolute Gasteiger partial charge is 0.328 e. The molecule has 0 aromatic heterocycles. The number of ether oxygens (including phenoxy) is 2. The minimum atomic E-state index is -3.16. The van der Waals surface area contributed by atoms with E-state index >= 15 is 0 Å². The Morgan fingerprint density at radius 1 is 1.29 bits per heavy atom. The van der Waals surface area contributed by atoms with Crippen LogP contribution in [0.2, 0.25) is 5.02 Å². The van der Waals surface area contributed by atoms with Crippen LogP contribution in [0.4, 0.5) is 8.78 Å². The van der Waals surface area contributed by atoms with Crippen molar-refractivity contribution in [1.29, 1.82) is 0 Å². The van der Waals surface area contributed by atoms with Crippen molar-refractivity contribution in [2.75, 3.05) is 6.79 Å². The van der Waals surface area contributed by atoms with Crippen molar-refractivity contribution in [3.8, 4) is 11.5 Å². The quantitative estimate of drug-likeness (QED) is 0.735. The van der Waals surface area contributed by atoms with Crippen molar-refractivity contribution in [1.82, 2.24) is 0 Å². The number of halogens is 4. The zero-order valence-electron chi connectivity index (χ0n) is 6.69. The van der Waals surface area contributed by atoms with E-state index in [1.165, 1.54) is 12.1 Å². The highest BCUT2D eigenvalue weighted by Gasteiger charge is 2.32. The van der Waals surface area contributed by atoms with Crippen molar-refractivity contribution < 1.29 is 18.3 Å². The fourth-order valence-electron chi connectivity index (χ4n) is 1.13. The predicted molar refractivity (Wildman–Crippen MR) is 50.4 cm³/mol. The lowest BCUT2D eigenvalue weighted by atomic mass is 10.2. The molecular weight excluding hydrogens is 281 g/mol. The first kappa shape index (κ1) is 9.98. The zero-order chi connectivity index (χ0) is 10.3. The molecular formula is C8H4BrClF2O2. The molecule has 1 heterocycles. The van der Waals surface area contributed by atoms with Crippen molar-refractivity contribution >= 4 is 27.5 Å². The van der Waals surface area contributed by atoms with Crippen LogP contribution in [0.15, 0.2) is 12.1 Å². The van der Waals surface area contributed by atoms with Crippen LogP contribution in [0, 0.1) is 0 Å². The molecule has 1 aliphatic rings. The van der Waals surface area contributed by atoms with Gasteiger partial charge in [0.05, 0.1) is 10.6 Å². The summed E-state index contributed by atoms with van der Waals surface area (Å²) in [6, 6.07) is 2.48. The van der Waals surface area contributed by atoms with Crippen LogP contribution in [-0.4, -0.2) is 6.79 Å². The summed E-state index contributed by atoms with van der Waals surface area (Å²) in [5.74, 6) is 0.666. The van der Waals surface area contributed by atoms with Gasteiger partial charge in [0.25, 0.3) is 0 Å². The van der Waals surface area contributed by atoms with E-state index < -0.39 is 4.83 Å². The van der Waals surface area contributed by atoms with Crippen molar-refractivity contribution in [3.05, 3.63) is 22.7 Å². The lowest BCUT2D eigenvalue weighted by molar-refractivity contribution is 0.114. The number of benzene rings is 1. The number of alkyl halides is 3. The summed E-state index contributed by atoms with van der Waals surface area (Å²) >= 11 is 7.88. The molecule has 0 saturated carbocycles. The predicted octanol–water partition coefficient (Wildman–Crippen LogP) is 3.51. The van der Waals surface area contributed by atoms with Crippen LogP contribution in [0.3, 0.4) is 0 Å². The van der Waals surface area contributed by atoms with Gasteiger partial charge in [-0.2, -0.15) is 8.78 Å². The first-order chi connectivity index (χ1) is 6.48. The van der Waals surface area contributed by atoms with E-state index in [1.54, 1.807) is 0 Å². The van der Waals surface area contributed by atoms with Crippen molar-refractivity contribution in [2.45, 2.75) is 4.83 Å². The Kier molecular flexibility index (Phi) is 2.31. The molecule has 0 saturated heterocycles. The van der Waals surface area contributed by atoms with E-state index in [0.717, 1.165) is 0 Å². The van der Waals surface area contributed by atoms with Gasteiger partial charge in [0.1, 0.15) is 0 Å². The molecule has 2 nitrogen and oxygen atoms in total.